The van der Waals surface area contributed by atoms with Crippen LogP contribution in [-0.2, 0) is 22.5 Å². The van der Waals surface area contributed by atoms with Crippen LogP contribution in [0.3, 0.4) is 0 Å². The average Bonchev–Trinajstić information content (AvgIpc) is 3.25. The third-order valence-corrected chi connectivity index (χ3v) is 7.14. The van der Waals surface area contributed by atoms with Crippen LogP contribution >= 0.6 is 0 Å². The predicted octanol–water partition coefficient (Wildman–Crippen LogP) is 4.27. The minimum Gasteiger partial charge on any atom is -0.461 e. The smallest absolute Gasteiger partial charge is 0.358 e. The zero-order valence-corrected chi connectivity index (χ0v) is 21.0. The number of rotatable bonds is 6. The number of fused-ring (bicyclic) bond motifs is 1. The summed E-state index contributed by atoms with van der Waals surface area (Å²) in [5, 5.41) is 7.61. The first-order chi connectivity index (χ1) is 16.9. The van der Waals surface area contributed by atoms with E-state index in [4.69, 9.17) is 4.74 Å². The molecule has 0 radical (unpaired) electrons. The van der Waals surface area contributed by atoms with Crippen LogP contribution in [0, 0.1) is 0 Å². The maximum absolute atomic E-state index is 13.9. The van der Waals surface area contributed by atoms with Crippen molar-refractivity contribution in [2.75, 3.05) is 11.5 Å². The van der Waals surface area contributed by atoms with E-state index in [1.54, 1.807) is 18.7 Å². The Balaban J connectivity index is 1.72. The fourth-order valence-electron chi connectivity index (χ4n) is 5.15. The summed E-state index contributed by atoms with van der Waals surface area (Å²) in [6.07, 6.45) is 8.51. The van der Waals surface area contributed by atoms with Crippen molar-refractivity contribution < 1.29 is 19.1 Å². The van der Waals surface area contributed by atoms with Crippen LogP contribution in [0.2, 0.25) is 0 Å². The molecule has 1 aliphatic heterocycles. The topological polar surface area (TPSA) is 93.5 Å². The Kier molecular flexibility index (Phi) is 7.57. The lowest BCUT2D eigenvalue weighted by Gasteiger charge is -2.44. The number of hydrogen-bond acceptors (Lipinski definition) is 5. The fraction of sp³-hybridized carbons (Fsp3) is 0.556. The van der Waals surface area contributed by atoms with Crippen LogP contribution in [0.4, 0.5) is 5.69 Å². The molecule has 1 unspecified atom stereocenters. The number of amides is 2. The number of nitrogens with zero attached hydrogens (tertiary/aromatic N) is 3. The first-order valence-electron chi connectivity index (χ1n) is 12.9. The molecular weight excluding hydrogens is 444 g/mol. The Hall–Kier alpha value is -3.16. The van der Waals surface area contributed by atoms with E-state index in [1.165, 1.54) is 30.0 Å². The van der Waals surface area contributed by atoms with Crippen molar-refractivity contribution in [3.63, 3.8) is 0 Å². The van der Waals surface area contributed by atoms with Gasteiger partial charge in [-0.25, -0.2) is 4.79 Å². The lowest BCUT2D eigenvalue weighted by molar-refractivity contribution is -0.127. The number of ether oxygens (including phenoxy) is 1. The lowest BCUT2D eigenvalue weighted by Crippen LogP contribution is -2.65. The van der Waals surface area contributed by atoms with Crippen LogP contribution in [-0.4, -0.2) is 45.8 Å². The summed E-state index contributed by atoms with van der Waals surface area (Å²) < 4.78 is 6.56. The Morgan fingerprint density at radius 1 is 1.11 bits per heavy atom. The second kappa shape index (κ2) is 10.6. The normalized spacial score (nSPS) is 21.1. The van der Waals surface area contributed by atoms with Gasteiger partial charge in [0.15, 0.2) is 5.69 Å². The van der Waals surface area contributed by atoms with Gasteiger partial charge in [0.1, 0.15) is 11.2 Å². The average molecular weight is 481 g/mol. The minimum atomic E-state index is -1.21. The van der Waals surface area contributed by atoms with Gasteiger partial charge in [-0.15, -0.1) is 0 Å². The highest BCUT2D eigenvalue weighted by atomic mass is 16.5. The number of aromatic nitrogens is 2. The molecule has 2 aromatic rings. The van der Waals surface area contributed by atoms with Crippen molar-refractivity contribution in [2.45, 2.75) is 90.3 Å². The zero-order valence-electron chi connectivity index (χ0n) is 21.0. The summed E-state index contributed by atoms with van der Waals surface area (Å²) in [5.41, 5.74) is 0.865. The van der Waals surface area contributed by atoms with E-state index in [0.29, 0.717) is 5.69 Å². The molecule has 1 atom stereocenters. The van der Waals surface area contributed by atoms with E-state index >= 15 is 0 Å². The molecule has 35 heavy (non-hydrogen) atoms. The van der Waals surface area contributed by atoms with Gasteiger partial charge in [0.05, 0.1) is 13.2 Å². The highest BCUT2D eigenvalue weighted by Gasteiger charge is 2.49. The quantitative estimate of drug-likeness (QED) is 0.623. The zero-order chi connectivity index (χ0) is 25.0. The number of benzene rings is 1. The molecule has 2 amide bonds. The predicted molar refractivity (Wildman–Crippen MR) is 133 cm³/mol. The van der Waals surface area contributed by atoms with Gasteiger partial charge in [-0.05, 0) is 50.8 Å². The number of esters is 1. The first kappa shape index (κ1) is 24.9. The van der Waals surface area contributed by atoms with Crippen LogP contribution < -0.4 is 10.2 Å². The number of carbonyl (C=O) groups is 3. The van der Waals surface area contributed by atoms with E-state index in [-0.39, 0.29) is 42.4 Å². The second-order valence-electron chi connectivity index (χ2n) is 9.75. The van der Waals surface area contributed by atoms with Crippen molar-refractivity contribution in [1.29, 1.82) is 0 Å². The van der Waals surface area contributed by atoms with Gasteiger partial charge < -0.3 is 10.1 Å². The summed E-state index contributed by atoms with van der Waals surface area (Å²) in [5.74, 6) is -1.14. The minimum absolute atomic E-state index is 0.0714. The van der Waals surface area contributed by atoms with Gasteiger partial charge in [-0.1, -0.05) is 51.2 Å². The number of aryl methyl sites for hydroxylation is 1. The molecule has 8 nitrogen and oxygen atoms in total. The molecule has 2 heterocycles. The van der Waals surface area contributed by atoms with Gasteiger partial charge >= 0.3 is 5.97 Å². The number of hydrogen-bond donors (Lipinski definition) is 1. The summed E-state index contributed by atoms with van der Waals surface area (Å²) in [6, 6.07) is 9.28. The molecule has 188 valence electrons. The maximum atomic E-state index is 13.9. The van der Waals surface area contributed by atoms with Crippen LogP contribution in [0.15, 0.2) is 30.3 Å². The molecule has 1 fully saturated rings. The van der Waals surface area contributed by atoms with Gasteiger partial charge in [0.25, 0.3) is 5.91 Å². The fourth-order valence-corrected chi connectivity index (χ4v) is 5.15. The molecule has 1 aromatic heterocycles. The molecule has 1 saturated carbocycles. The molecule has 4 rings (SSSR count). The summed E-state index contributed by atoms with van der Waals surface area (Å²) in [7, 11) is 0. The molecule has 2 aliphatic rings. The van der Waals surface area contributed by atoms with E-state index in [9.17, 15) is 14.4 Å². The molecule has 1 N–H and O–H groups in total. The van der Waals surface area contributed by atoms with Gasteiger partial charge in [-0.3, -0.25) is 19.2 Å². The summed E-state index contributed by atoms with van der Waals surface area (Å²) in [4.78, 5) is 41.6. The highest BCUT2D eigenvalue weighted by Crippen LogP contribution is 2.34. The van der Waals surface area contributed by atoms with Crippen LogP contribution in [0.25, 0.3) is 0 Å². The number of nitrogens with one attached hydrogen (secondary N) is 1. The molecule has 1 aromatic carbocycles. The van der Waals surface area contributed by atoms with Crippen LogP contribution in [0.5, 0.6) is 0 Å². The van der Waals surface area contributed by atoms with Crippen molar-refractivity contribution in [3.05, 3.63) is 47.3 Å². The number of anilines is 1. The maximum Gasteiger partial charge on any atom is 0.358 e. The summed E-state index contributed by atoms with van der Waals surface area (Å²) in [6.45, 7) is 5.92. The molecule has 0 spiro atoms. The summed E-state index contributed by atoms with van der Waals surface area (Å²) >= 11 is 0. The molecule has 1 aliphatic carbocycles. The lowest BCUT2D eigenvalue weighted by atomic mass is 9.91. The van der Waals surface area contributed by atoms with Gasteiger partial charge in [0, 0.05) is 17.8 Å². The SMILES string of the molecule is CCOC(=O)c1cc2n(n1)CC(C)(C(=O)NC1CCCCCCC1)N(c1cccc(CC)c1)C2=O. The molecular formula is C27H36N4O4. The Bertz CT molecular complexity index is 1090. The van der Waals surface area contributed by atoms with E-state index < -0.39 is 11.5 Å². The highest BCUT2D eigenvalue weighted by molar-refractivity contribution is 6.12. The van der Waals surface area contributed by atoms with E-state index in [2.05, 4.69) is 17.3 Å². The standard InChI is InChI=1S/C27H36N4O4/c1-4-19-12-11-15-21(16-19)31-24(32)23-17-22(25(33)35-5-2)29-30(23)18-27(31,3)26(34)28-20-13-9-7-6-8-10-14-20/h11-12,15-17,20H,4-10,13-14,18H2,1-3H3,(H,28,34). The van der Waals surface area contributed by atoms with Gasteiger partial charge in [0.2, 0.25) is 5.91 Å². The van der Waals surface area contributed by atoms with Crippen LogP contribution in [0.1, 0.15) is 92.3 Å². The third kappa shape index (κ3) is 5.11. The van der Waals surface area contributed by atoms with Crippen molar-refractivity contribution >= 4 is 23.5 Å². The van der Waals surface area contributed by atoms with Crippen molar-refractivity contribution in [3.8, 4) is 0 Å². The Morgan fingerprint density at radius 2 is 1.83 bits per heavy atom. The van der Waals surface area contributed by atoms with Crippen molar-refractivity contribution in [1.82, 2.24) is 15.1 Å². The Labute approximate surface area is 207 Å². The largest absolute Gasteiger partial charge is 0.461 e. The molecule has 0 saturated heterocycles. The third-order valence-electron chi connectivity index (χ3n) is 7.14. The van der Waals surface area contributed by atoms with Crippen molar-refractivity contribution in [2.24, 2.45) is 0 Å². The van der Waals surface area contributed by atoms with E-state index in [0.717, 1.165) is 37.7 Å². The monoisotopic (exact) mass is 480 g/mol. The number of carbonyl (C=O) groups excluding carboxylic acids is 3. The first-order valence-corrected chi connectivity index (χ1v) is 12.9. The Morgan fingerprint density at radius 3 is 2.51 bits per heavy atom. The van der Waals surface area contributed by atoms with E-state index in [1.807, 2.05) is 24.3 Å². The molecule has 0 bridgehead atoms. The second-order valence-corrected chi connectivity index (χ2v) is 9.75. The van der Waals surface area contributed by atoms with Gasteiger partial charge in [-0.2, -0.15) is 5.10 Å². The molecule has 8 heteroatoms.